The second-order valence-electron chi connectivity index (χ2n) is 14.4. The topological polar surface area (TPSA) is 8.17 Å². The van der Waals surface area contributed by atoms with Gasteiger partial charge in [0.25, 0.3) is 0 Å². The van der Waals surface area contributed by atoms with Crippen LogP contribution < -0.4 is 4.90 Å². The smallest absolute Gasteiger partial charge is 0.0782 e. The van der Waals surface area contributed by atoms with E-state index in [9.17, 15) is 0 Å². The zero-order valence-corrected chi connectivity index (χ0v) is 31.0. The van der Waals surface area contributed by atoms with E-state index in [1.165, 1.54) is 75.4 Å². The second-order valence-corrected chi connectivity index (χ2v) is 15.6. The fourth-order valence-electron chi connectivity index (χ4n) is 8.66. The normalized spacial score (nSPS) is 12.5. The summed E-state index contributed by atoms with van der Waals surface area (Å²) in [5.74, 6) is 0. The van der Waals surface area contributed by atoms with Crippen molar-refractivity contribution in [1.82, 2.24) is 4.57 Å². The van der Waals surface area contributed by atoms with Crippen molar-refractivity contribution >= 4 is 77.1 Å². The van der Waals surface area contributed by atoms with Gasteiger partial charge in [-0.3, -0.25) is 0 Å². The number of anilines is 3. The highest BCUT2D eigenvalue weighted by Gasteiger charge is 2.22. The van der Waals surface area contributed by atoms with Crippen molar-refractivity contribution in [3.63, 3.8) is 0 Å². The third-order valence-electron chi connectivity index (χ3n) is 11.2. The number of rotatable bonds is 6. The zero-order chi connectivity index (χ0) is 36.3. The quantitative estimate of drug-likeness (QED) is 0.166. The Morgan fingerprint density at radius 1 is 0.509 bits per heavy atom. The van der Waals surface area contributed by atoms with Crippen LogP contribution in [-0.4, -0.2) is 4.57 Å². The van der Waals surface area contributed by atoms with E-state index in [1.807, 2.05) is 11.3 Å². The van der Waals surface area contributed by atoms with Crippen LogP contribution in [0.5, 0.6) is 0 Å². The van der Waals surface area contributed by atoms with Gasteiger partial charge in [-0.15, -0.1) is 11.3 Å². The number of hydrogen-bond acceptors (Lipinski definition) is 2. The van der Waals surface area contributed by atoms with E-state index >= 15 is 0 Å². The van der Waals surface area contributed by atoms with Gasteiger partial charge in [-0.2, -0.15) is 0 Å². The van der Waals surface area contributed by atoms with Crippen molar-refractivity contribution in [1.29, 1.82) is 0 Å². The molecule has 0 saturated heterocycles. The maximum absolute atomic E-state index is 2.44. The van der Waals surface area contributed by atoms with Gasteiger partial charge < -0.3 is 9.47 Å². The molecule has 2 heterocycles. The summed E-state index contributed by atoms with van der Waals surface area (Å²) in [6.45, 7) is 0. The molecule has 2 nitrogen and oxygen atoms in total. The van der Waals surface area contributed by atoms with Gasteiger partial charge in [0.05, 0.1) is 16.7 Å². The summed E-state index contributed by atoms with van der Waals surface area (Å²) in [7, 11) is 0. The van der Waals surface area contributed by atoms with E-state index in [-0.39, 0.29) is 0 Å². The molecule has 3 heteroatoms. The van der Waals surface area contributed by atoms with Crippen LogP contribution in [0.25, 0.3) is 76.7 Å². The third-order valence-corrected chi connectivity index (χ3v) is 12.4. The molecular formula is C52H36N2S. The van der Waals surface area contributed by atoms with Gasteiger partial charge in [0.15, 0.2) is 0 Å². The van der Waals surface area contributed by atoms with Gasteiger partial charge in [-0.25, -0.2) is 0 Å². The molecule has 0 fully saturated rings. The minimum Gasteiger partial charge on any atom is -0.308 e. The van der Waals surface area contributed by atoms with E-state index in [0.29, 0.717) is 0 Å². The molecule has 2 aromatic heterocycles. The van der Waals surface area contributed by atoms with Gasteiger partial charge in [-0.05, 0) is 112 Å². The van der Waals surface area contributed by atoms with Crippen molar-refractivity contribution < 1.29 is 0 Å². The maximum Gasteiger partial charge on any atom is 0.0782 e. The maximum atomic E-state index is 2.44. The van der Waals surface area contributed by atoms with Crippen LogP contribution >= 0.6 is 11.3 Å². The standard InChI is InChI=1S/C52H36N2S/c1-3-13-35(14-4-1)38-15-11-18-42(33-38)53(48-23-12-21-44-43-19-7-9-22-47(43)54(52(44)48)40-16-5-2-6-17-40)41-30-27-36(28-31-41)39-26-25-37-29-32-50-51(46(37)34-39)45-20-8-10-24-49(45)55-50/h1-9,11-23,25-34H,10,24H2. The van der Waals surface area contributed by atoms with Crippen molar-refractivity contribution in [2.24, 2.45) is 0 Å². The predicted octanol–water partition coefficient (Wildman–Crippen LogP) is 14.9. The molecule has 55 heavy (non-hydrogen) atoms. The van der Waals surface area contributed by atoms with E-state index in [2.05, 4.69) is 204 Å². The first-order valence-electron chi connectivity index (χ1n) is 19.1. The van der Waals surface area contributed by atoms with E-state index in [4.69, 9.17) is 0 Å². The average Bonchev–Trinajstić information content (AvgIpc) is 3.81. The van der Waals surface area contributed by atoms with Crippen LogP contribution in [0.1, 0.15) is 16.9 Å². The molecule has 8 aromatic carbocycles. The van der Waals surface area contributed by atoms with Gasteiger partial charge >= 0.3 is 0 Å². The van der Waals surface area contributed by atoms with Crippen LogP contribution in [-0.2, 0) is 6.42 Å². The summed E-state index contributed by atoms with van der Waals surface area (Å²) < 4.78 is 3.81. The van der Waals surface area contributed by atoms with Crippen molar-refractivity contribution in [2.45, 2.75) is 12.8 Å². The molecule has 0 amide bonds. The van der Waals surface area contributed by atoms with Crippen LogP contribution in [0.3, 0.4) is 0 Å². The summed E-state index contributed by atoms with van der Waals surface area (Å²) in [5, 5.41) is 6.50. The Morgan fingerprint density at radius 3 is 2.07 bits per heavy atom. The number of benzene rings is 8. The van der Waals surface area contributed by atoms with Crippen molar-refractivity contribution in [3.8, 4) is 27.9 Å². The first kappa shape index (κ1) is 31.8. The Morgan fingerprint density at radius 2 is 1.20 bits per heavy atom. The third kappa shape index (κ3) is 5.31. The summed E-state index contributed by atoms with van der Waals surface area (Å²) in [6.07, 6.45) is 6.94. The highest BCUT2D eigenvalue weighted by atomic mass is 32.1. The molecule has 0 atom stereocenters. The SMILES string of the molecule is C1=Cc2c(sc3ccc4ccc(-c5ccc(N(c6cccc(-c7ccccc7)c6)c6cccc7c8ccccc8n(-c8ccccc8)c67)cc5)cc4c23)CC1. The molecule has 0 aliphatic heterocycles. The summed E-state index contributed by atoms with van der Waals surface area (Å²) in [4.78, 5) is 3.95. The Kier molecular flexibility index (Phi) is 7.53. The summed E-state index contributed by atoms with van der Waals surface area (Å²) >= 11 is 1.96. The van der Waals surface area contributed by atoms with E-state index in [1.54, 1.807) is 0 Å². The molecule has 0 radical (unpaired) electrons. The number of hydrogen-bond donors (Lipinski definition) is 0. The molecule has 1 aliphatic carbocycles. The van der Waals surface area contributed by atoms with Crippen LogP contribution in [0, 0.1) is 0 Å². The van der Waals surface area contributed by atoms with Crippen molar-refractivity contribution in [3.05, 3.63) is 199 Å². The first-order chi connectivity index (χ1) is 27.3. The Hall–Kier alpha value is -6.68. The van der Waals surface area contributed by atoms with E-state index < -0.39 is 0 Å². The number of fused-ring (bicyclic) bond motifs is 8. The number of aromatic nitrogens is 1. The number of allylic oxidation sites excluding steroid dienone is 1. The van der Waals surface area contributed by atoms with Crippen LogP contribution in [0.2, 0.25) is 0 Å². The minimum atomic E-state index is 1.10. The lowest BCUT2D eigenvalue weighted by atomic mass is 9.95. The van der Waals surface area contributed by atoms with Gasteiger partial charge in [0.1, 0.15) is 0 Å². The summed E-state index contributed by atoms with van der Waals surface area (Å²) in [5.41, 5.74) is 13.1. The molecule has 260 valence electrons. The molecule has 1 aliphatic rings. The van der Waals surface area contributed by atoms with Crippen LogP contribution in [0.4, 0.5) is 17.1 Å². The van der Waals surface area contributed by atoms with Crippen molar-refractivity contribution in [2.75, 3.05) is 4.90 Å². The van der Waals surface area contributed by atoms with Gasteiger partial charge in [-0.1, -0.05) is 133 Å². The highest BCUT2D eigenvalue weighted by molar-refractivity contribution is 7.19. The fraction of sp³-hybridized carbons (Fsp3) is 0.0385. The minimum absolute atomic E-state index is 1.10. The van der Waals surface area contributed by atoms with Gasteiger partial charge in [0, 0.05) is 42.8 Å². The molecule has 11 rings (SSSR count). The average molecular weight is 721 g/mol. The van der Waals surface area contributed by atoms with Gasteiger partial charge in [0.2, 0.25) is 0 Å². The molecule has 0 spiro atoms. The van der Waals surface area contributed by atoms with Crippen LogP contribution in [0.15, 0.2) is 188 Å². The highest BCUT2D eigenvalue weighted by Crippen LogP contribution is 2.45. The molecule has 0 saturated carbocycles. The Labute approximate surface area is 324 Å². The number of aryl methyl sites for hydroxylation is 1. The molecule has 0 bridgehead atoms. The number of thiophene rings is 1. The molecule has 0 N–H and O–H groups in total. The largest absolute Gasteiger partial charge is 0.308 e. The zero-order valence-electron chi connectivity index (χ0n) is 30.2. The van der Waals surface area contributed by atoms with E-state index in [0.717, 1.165) is 35.6 Å². The lowest BCUT2D eigenvalue weighted by molar-refractivity contribution is 1.02. The molecular weight excluding hydrogens is 685 g/mol. The summed E-state index contributed by atoms with van der Waals surface area (Å²) in [6, 6.07) is 66.6. The second kappa shape index (κ2) is 13.0. The lowest BCUT2D eigenvalue weighted by Gasteiger charge is -2.28. The lowest BCUT2D eigenvalue weighted by Crippen LogP contribution is -2.11. The number of nitrogens with zero attached hydrogens (tertiary/aromatic N) is 2. The molecule has 0 unspecified atom stereocenters. The monoisotopic (exact) mass is 720 g/mol. The molecule has 10 aromatic rings. The first-order valence-corrected chi connectivity index (χ1v) is 19.9. The Bertz CT molecular complexity index is 3080. The Balaban J connectivity index is 1.11. The number of para-hydroxylation sites is 3. The fourth-order valence-corrected chi connectivity index (χ4v) is 9.88. The predicted molar refractivity (Wildman–Crippen MR) is 237 cm³/mol.